The van der Waals surface area contributed by atoms with Crippen LogP contribution in [0.4, 0.5) is 0 Å². The highest BCUT2D eigenvalue weighted by atomic mass is 32.2. The Bertz CT molecular complexity index is 1570. The minimum atomic E-state index is -4.66. The summed E-state index contributed by atoms with van der Waals surface area (Å²) in [6, 6.07) is 16.8. The number of hydrogen-bond donors (Lipinski definition) is 1. The molecule has 8 heteroatoms. The van der Waals surface area contributed by atoms with Gasteiger partial charge in [-0.25, -0.2) is 0 Å². The van der Waals surface area contributed by atoms with Crippen molar-refractivity contribution in [3.05, 3.63) is 71.8 Å². The highest BCUT2D eigenvalue weighted by Gasteiger charge is 2.27. The van der Waals surface area contributed by atoms with Gasteiger partial charge in [0.15, 0.2) is 0 Å². The molecule has 0 unspecified atom stereocenters. The fraction of sp³-hybridized carbons (Fsp3) is 0.130. The van der Waals surface area contributed by atoms with E-state index in [4.69, 9.17) is 4.18 Å². The molecule has 0 fully saturated rings. The summed E-state index contributed by atoms with van der Waals surface area (Å²) in [5, 5.41) is 2.48. The zero-order valence-corrected chi connectivity index (χ0v) is 18.7. The first-order valence-electron chi connectivity index (χ1n) is 9.38. The zero-order chi connectivity index (χ0) is 22.6. The van der Waals surface area contributed by atoms with Crippen LogP contribution in [0, 0.1) is 13.8 Å². The van der Waals surface area contributed by atoms with Crippen molar-refractivity contribution in [1.29, 1.82) is 0 Å². The third-order valence-corrected chi connectivity index (χ3v) is 7.50. The Morgan fingerprint density at radius 3 is 1.58 bits per heavy atom. The number of fused-ring (bicyclic) bond motifs is 2. The first kappa shape index (κ1) is 21.5. The van der Waals surface area contributed by atoms with Gasteiger partial charge in [-0.2, -0.15) is 16.8 Å². The van der Waals surface area contributed by atoms with E-state index in [2.05, 4.69) is 0 Å². The topological polar surface area (TPSA) is 97.7 Å². The number of hydrogen-bond acceptors (Lipinski definition) is 5. The van der Waals surface area contributed by atoms with E-state index in [-0.39, 0.29) is 20.9 Å². The number of rotatable bonds is 4. The Morgan fingerprint density at radius 1 is 0.677 bits per heavy atom. The second kappa shape index (κ2) is 7.42. The molecule has 0 aromatic heterocycles. The third-order valence-electron chi connectivity index (χ3n) is 5.29. The molecule has 1 N–H and O–H groups in total. The Hall–Kier alpha value is -2.78. The van der Waals surface area contributed by atoms with Crippen molar-refractivity contribution in [2.45, 2.75) is 23.6 Å². The molecular weight excluding hydrogens is 436 g/mol. The van der Waals surface area contributed by atoms with Crippen molar-refractivity contribution in [2.75, 3.05) is 7.11 Å². The summed E-state index contributed by atoms with van der Waals surface area (Å²) >= 11 is 0. The standard InChI is InChI=1S/C23H20O6S2/c1-14-4-8-18-16(12-14)6-10-20(30(24,25)26)22(18)23-19-9-5-15(2)13-17(19)7-11-21(23)31(27,28)29-3/h4-13H,1-3H3,(H,24,25,26). The van der Waals surface area contributed by atoms with Crippen LogP contribution in [0.1, 0.15) is 11.1 Å². The lowest BCUT2D eigenvalue weighted by molar-refractivity contribution is 0.398. The largest absolute Gasteiger partial charge is 0.297 e. The van der Waals surface area contributed by atoms with Crippen LogP contribution >= 0.6 is 0 Å². The molecule has 0 saturated heterocycles. The van der Waals surface area contributed by atoms with Crippen LogP contribution in [-0.4, -0.2) is 28.5 Å². The van der Waals surface area contributed by atoms with Gasteiger partial charge in [0.2, 0.25) is 0 Å². The maximum atomic E-state index is 12.8. The van der Waals surface area contributed by atoms with E-state index < -0.39 is 20.2 Å². The highest BCUT2D eigenvalue weighted by Crippen LogP contribution is 2.43. The van der Waals surface area contributed by atoms with Crippen LogP contribution in [0.15, 0.2) is 70.5 Å². The maximum Gasteiger partial charge on any atom is 0.297 e. The molecule has 0 radical (unpaired) electrons. The average molecular weight is 457 g/mol. The minimum absolute atomic E-state index is 0.116. The van der Waals surface area contributed by atoms with Gasteiger partial charge in [0.05, 0.1) is 7.11 Å². The van der Waals surface area contributed by atoms with E-state index in [9.17, 15) is 21.4 Å². The lowest BCUT2D eigenvalue weighted by Gasteiger charge is -2.18. The SMILES string of the molecule is COS(=O)(=O)c1ccc2cc(C)ccc2c1-c1c(S(=O)(=O)O)ccc2cc(C)ccc12. The number of aryl methyl sites for hydroxylation is 2. The van der Waals surface area contributed by atoms with E-state index in [0.717, 1.165) is 23.6 Å². The van der Waals surface area contributed by atoms with Crippen molar-refractivity contribution in [2.24, 2.45) is 0 Å². The Balaban J connectivity index is 2.33. The van der Waals surface area contributed by atoms with Gasteiger partial charge in [0.25, 0.3) is 20.2 Å². The van der Waals surface area contributed by atoms with Crippen LogP contribution in [-0.2, 0) is 24.4 Å². The molecular formula is C23H20O6S2. The first-order chi connectivity index (χ1) is 14.5. The maximum absolute atomic E-state index is 12.8. The summed E-state index contributed by atoms with van der Waals surface area (Å²) in [7, 11) is -7.81. The zero-order valence-electron chi connectivity index (χ0n) is 17.1. The van der Waals surface area contributed by atoms with Gasteiger partial charge in [-0.3, -0.25) is 8.74 Å². The summed E-state index contributed by atoms with van der Waals surface area (Å²) in [6.07, 6.45) is 0. The van der Waals surface area contributed by atoms with Gasteiger partial charge in [-0.15, -0.1) is 0 Å². The Morgan fingerprint density at radius 2 is 1.13 bits per heavy atom. The first-order valence-corrected chi connectivity index (χ1v) is 12.2. The molecule has 0 aliphatic heterocycles. The second-order valence-corrected chi connectivity index (χ2v) is 10.5. The fourth-order valence-electron chi connectivity index (χ4n) is 3.89. The quantitative estimate of drug-likeness (QED) is 0.348. The molecule has 31 heavy (non-hydrogen) atoms. The molecule has 0 aliphatic carbocycles. The van der Waals surface area contributed by atoms with Gasteiger partial charge in [-0.1, -0.05) is 59.7 Å². The molecule has 4 aromatic rings. The van der Waals surface area contributed by atoms with Crippen LogP contribution < -0.4 is 0 Å². The van der Waals surface area contributed by atoms with Crippen LogP contribution in [0.3, 0.4) is 0 Å². The molecule has 0 aliphatic rings. The van der Waals surface area contributed by atoms with E-state index >= 15 is 0 Å². The van der Waals surface area contributed by atoms with Crippen molar-refractivity contribution < 1.29 is 25.6 Å². The van der Waals surface area contributed by atoms with Crippen molar-refractivity contribution in [1.82, 2.24) is 0 Å². The predicted octanol–water partition coefficient (Wildman–Crippen LogP) is 4.86. The van der Waals surface area contributed by atoms with Crippen LogP contribution in [0.2, 0.25) is 0 Å². The van der Waals surface area contributed by atoms with Gasteiger partial charge < -0.3 is 0 Å². The molecule has 6 nitrogen and oxygen atoms in total. The normalized spacial score (nSPS) is 12.5. The number of benzene rings is 4. The molecule has 0 bridgehead atoms. The predicted molar refractivity (Wildman–Crippen MR) is 120 cm³/mol. The second-order valence-electron chi connectivity index (χ2n) is 7.42. The fourth-order valence-corrected chi connectivity index (χ4v) is 5.47. The lowest BCUT2D eigenvalue weighted by Crippen LogP contribution is -2.08. The Kier molecular flexibility index (Phi) is 5.13. The van der Waals surface area contributed by atoms with E-state index in [1.807, 2.05) is 32.0 Å². The third kappa shape index (κ3) is 3.72. The summed E-state index contributed by atoms with van der Waals surface area (Å²) in [4.78, 5) is -0.547. The molecule has 0 amide bonds. The highest BCUT2D eigenvalue weighted by molar-refractivity contribution is 7.87. The van der Waals surface area contributed by atoms with Crippen molar-refractivity contribution in [3.8, 4) is 11.1 Å². The summed E-state index contributed by atoms with van der Waals surface area (Å²) in [6.45, 7) is 3.81. The van der Waals surface area contributed by atoms with E-state index in [1.165, 1.54) is 12.1 Å². The van der Waals surface area contributed by atoms with Gasteiger partial charge in [0.1, 0.15) is 9.79 Å². The Labute approximate surface area is 181 Å². The molecule has 0 spiro atoms. The van der Waals surface area contributed by atoms with Crippen molar-refractivity contribution in [3.63, 3.8) is 0 Å². The lowest BCUT2D eigenvalue weighted by atomic mass is 9.92. The van der Waals surface area contributed by atoms with Crippen molar-refractivity contribution >= 4 is 41.8 Å². The van der Waals surface area contributed by atoms with Gasteiger partial charge in [0, 0.05) is 11.1 Å². The monoisotopic (exact) mass is 456 g/mol. The summed E-state index contributed by atoms with van der Waals surface area (Å²) < 4.78 is 65.1. The molecule has 4 rings (SSSR count). The van der Waals surface area contributed by atoms with Gasteiger partial charge >= 0.3 is 0 Å². The molecule has 0 heterocycles. The molecule has 160 valence electrons. The average Bonchev–Trinajstić information content (AvgIpc) is 2.71. The van der Waals surface area contributed by atoms with Gasteiger partial charge in [-0.05, 0) is 47.5 Å². The van der Waals surface area contributed by atoms with E-state index in [1.54, 1.807) is 30.3 Å². The molecule has 4 aromatic carbocycles. The molecule has 0 atom stereocenters. The van der Waals surface area contributed by atoms with Crippen LogP contribution in [0.5, 0.6) is 0 Å². The van der Waals surface area contributed by atoms with E-state index in [0.29, 0.717) is 16.2 Å². The minimum Gasteiger partial charge on any atom is -0.282 e. The van der Waals surface area contributed by atoms with Crippen LogP contribution in [0.25, 0.3) is 32.7 Å². The summed E-state index contributed by atoms with van der Waals surface area (Å²) in [5.74, 6) is 0. The molecule has 0 saturated carbocycles. The smallest absolute Gasteiger partial charge is 0.282 e. The summed E-state index contributed by atoms with van der Waals surface area (Å²) in [5.41, 5.74) is 2.20.